The molecule has 0 unspecified atom stereocenters. The zero-order valence-corrected chi connectivity index (χ0v) is 12.3. The van der Waals surface area contributed by atoms with Crippen LogP contribution in [0.3, 0.4) is 0 Å². The number of carbonyl (C=O) groups is 2. The smallest absolute Gasteiger partial charge is 0.234 e. The Morgan fingerprint density at radius 1 is 1.24 bits per heavy atom. The van der Waals surface area contributed by atoms with Gasteiger partial charge in [-0.25, -0.2) is 0 Å². The summed E-state index contributed by atoms with van der Waals surface area (Å²) in [6, 6.07) is 8.79. The molecule has 1 aliphatic rings. The van der Waals surface area contributed by atoms with Gasteiger partial charge >= 0.3 is 0 Å². The molecule has 4 nitrogen and oxygen atoms in total. The number of amides is 1. The van der Waals surface area contributed by atoms with Crippen LogP contribution in [0.25, 0.3) is 0 Å². The Bertz CT molecular complexity index is 740. The van der Waals surface area contributed by atoms with Gasteiger partial charge in [0.15, 0.2) is 5.76 Å². The van der Waals surface area contributed by atoms with Crippen molar-refractivity contribution in [2.24, 2.45) is 0 Å². The molecule has 1 aromatic heterocycles. The van der Waals surface area contributed by atoms with Gasteiger partial charge in [-0.3, -0.25) is 9.59 Å². The second kappa shape index (κ2) is 4.58. The van der Waals surface area contributed by atoms with Crippen molar-refractivity contribution in [1.29, 1.82) is 0 Å². The van der Waals surface area contributed by atoms with Crippen LogP contribution in [0, 0.1) is 0 Å². The van der Waals surface area contributed by atoms with Crippen molar-refractivity contribution in [1.82, 2.24) is 0 Å². The Morgan fingerprint density at radius 3 is 2.67 bits per heavy atom. The lowest BCUT2D eigenvalue weighted by molar-refractivity contribution is -0.119. The van der Waals surface area contributed by atoms with E-state index in [1.165, 1.54) is 0 Å². The number of hydrogen-bond donors (Lipinski definition) is 1. The summed E-state index contributed by atoms with van der Waals surface area (Å²) in [5.74, 6) is 0.916. The van der Waals surface area contributed by atoms with Crippen molar-refractivity contribution in [3.8, 4) is 0 Å². The van der Waals surface area contributed by atoms with Gasteiger partial charge < -0.3 is 9.73 Å². The van der Waals surface area contributed by atoms with E-state index in [4.69, 9.17) is 4.42 Å². The topological polar surface area (TPSA) is 59.3 Å². The van der Waals surface area contributed by atoms with E-state index < -0.39 is 5.41 Å². The van der Waals surface area contributed by atoms with Gasteiger partial charge in [-0.15, -0.1) is 0 Å². The number of hydrogen-bond acceptors (Lipinski definition) is 3. The maximum absolute atomic E-state index is 12.5. The predicted octanol–water partition coefficient (Wildman–Crippen LogP) is 3.30. The van der Waals surface area contributed by atoms with Crippen LogP contribution in [0.2, 0.25) is 0 Å². The highest BCUT2D eigenvalue weighted by molar-refractivity contribution is 6.10. The maximum Gasteiger partial charge on any atom is 0.234 e. The van der Waals surface area contributed by atoms with Crippen LogP contribution in [-0.4, -0.2) is 11.7 Å². The number of ketones is 1. The zero-order chi connectivity index (χ0) is 15.2. The molecule has 0 spiro atoms. The van der Waals surface area contributed by atoms with Crippen LogP contribution in [0.1, 0.15) is 48.2 Å². The summed E-state index contributed by atoms with van der Waals surface area (Å²) >= 11 is 0. The summed E-state index contributed by atoms with van der Waals surface area (Å²) in [4.78, 5) is 24.4. The van der Waals surface area contributed by atoms with Crippen molar-refractivity contribution in [2.45, 2.75) is 32.6 Å². The Morgan fingerprint density at radius 2 is 2.00 bits per heavy atom. The van der Waals surface area contributed by atoms with Gasteiger partial charge in [0.25, 0.3) is 0 Å². The number of nitrogens with one attached hydrogen (secondary N) is 1. The normalized spacial score (nSPS) is 15.7. The number of rotatable bonds is 3. The van der Waals surface area contributed by atoms with Crippen molar-refractivity contribution < 1.29 is 14.0 Å². The van der Waals surface area contributed by atoms with Crippen LogP contribution in [0.15, 0.2) is 34.7 Å². The quantitative estimate of drug-likeness (QED) is 0.879. The van der Waals surface area contributed by atoms with E-state index in [2.05, 4.69) is 5.32 Å². The Hall–Kier alpha value is -2.36. The Kier molecular flexibility index (Phi) is 2.97. The van der Waals surface area contributed by atoms with E-state index >= 15 is 0 Å². The van der Waals surface area contributed by atoms with Crippen LogP contribution in [0.4, 0.5) is 5.69 Å². The maximum atomic E-state index is 12.5. The van der Waals surface area contributed by atoms with E-state index in [0.717, 1.165) is 23.4 Å². The molecule has 2 aromatic rings. The minimum atomic E-state index is -0.622. The largest absolute Gasteiger partial charge is 0.458 e. The highest BCUT2D eigenvalue weighted by atomic mass is 16.3. The fourth-order valence-electron chi connectivity index (χ4n) is 2.54. The fourth-order valence-corrected chi connectivity index (χ4v) is 2.54. The molecule has 0 bridgehead atoms. The summed E-state index contributed by atoms with van der Waals surface area (Å²) in [6.07, 6.45) is 0.753. The van der Waals surface area contributed by atoms with Crippen LogP contribution in [-0.2, 0) is 16.6 Å². The molecule has 0 aliphatic carbocycles. The number of carbonyl (C=O) groups excluding carboxylic acids is 2. The predicted molar refractivity (Wildman–Crippen MR) is 79.6 cm³/mol. The van der Waals surface area contributed by atoms with Crippen molar-refractivity contribution >= 4 is 17.4 Å². The highest BCUT2D eigenvalue weighted by Crippen LogP contribution is 2.38. The SMILES string of the molecule is CCc1ccc(C(=O)c2ccc3c(c2)C(C)(C)C(=O)N3)o1. The van der Waals surface area contributed by atoms with E-state index in [1.54, 1.807) is 24.3 Å². The second-order valence-electron chi connectivity index (χ2n) is 5.79. The first-order valence-corrected chi connectivity index (χ1v) is 7.03. The van der Waals surface area contributed by atoms with Crippen LogP contribution < -0.4 is 5.32 Å². The van der Waals surface area contributed by atoms with Crippen molar-refractivity contribution in [2.75, 3.05) is 5.32 Å². The zero-order valence-electron chi connectivity index (χ0n) is 12.3. The minimum Gasteiger partial charge on any atom is -0.458 e. The molecular weight excluding hydrogens is 266 g/mol. The van der Waals surface area contributed by atoms with Gasteiger partial charge in [-0.2, -0.15) is 0 Å². The molecule has 3 rings (SSSR count). The second-order valence-corrected chi connectivity index (χ2v) is 5.79. The van der Waals surface area contributed by atoms with E-state index in [1.807, 2.05) is 26.8 Å². The summed E-state index contributed by atoms with van der Waals surface area (Å²) < 4.78 is 5.51. The lowest BCUT2D eigenvalue weighted by Gasteiger charge is -2.15. The molecule has 0 fully saturated rings. The molecular formula is C17H17NO3. The number of fused-ring (bicyclic) bond motifs is 1. The molecule has 108 valence electrons. The first-order chi connectivity index (χ1) is 9.93. The first kappa shape index (κ1) is 13.6. The van der Waals surface area contributed by atoms with Gasteiger partial charge in [0.05, 0.1) is 5.41 Å². The summed E-state index contributed by atoms with van der Waals surface area (Å²) in [5, 5.41) is 2.83. The van der Waals surface area contributed by atoms with Crippen LogP contribution in [0.5, 0.6) is 0 Å². The molecule has 1 amide bonds. The molecule has 21 heavy (non-hydrogen) atoms. The molecule has 0 saturated heterocycles. The number of benzene rings is 1. The molecule has 1 aromatic carbocycles. The number of anilines is 1. The molecule has 1 aliphatic heterocycles. The average Bonchev–Trinajstić information content (AvgIpc) is 3.02. The molecule has 0 saturated carbocycles. The molecule has 4 heteroatoms. The minimum absolute atomic E-state index is 0.0478. The summed E-state index contributed by atoms with van der Waals surface area (Å²) in [6.45, 7) is 5.68. The third-order valence-electron chi connectivity index (χ3n) is 4.00. The Labute approximate surface area is 123 Å². The lowest BCUT2D eigenvalue weighted by atomic mass is 9.85. The van der Waals surface area contributed by atoms with Gasteiger partial charge in [-0.1, -0.05) is 6.92 Å². The molecule has 1 N–H and O–H groups in total. The lowest BCUT2D eigenvalue weighted by Crippen LogP contribution is -2.27. The fraction of sp³-hybridized carbons (Fsp3) is 0.294. The third kappa shape index (κ3) is 2.07. The van der Waals surface area contributed by atoms with Gasteiger partial charge in [-0.05, 0) is 49.7 Å². The van der Waals surface area contributed by atoms with Crippen molar-refractivity contribution in [3.05, 3.63) is 53.0 Å². The van der Waals surface area contributed by atoms with E-state index in [-0.39, 0.29) is 11.7 Å². The Balaban J connectivity index is 2.00. The number of aryl methyl sites for hydroxylation is 1. The average molecular weight is 283 g/mol. The van der Waals surface area contributed by atoms with Gasteiger partial charge in [0, 0.05) is 17.7 Å². The molecule has 0 radical (unpaired) electrons. The number of furan rings is 1. The first-order valence-electron chi connectivity index (χ1n) is 7.03. The monoisotopic (exact) mass is 283 g/mol. The van der Waals surface area contributed by atoms with Crippen molar-refractivity contribution in [3.63, 3.8) is 0 Å². The van der Waals surface area contributed by atoms with E-state index in [0.29, 0.717) is 11.3 Å². The van der Waals surface area contributed by atoms with Crippen LogP contribution >= 0.6 is 0 Å². The van der Waals surface area contributed by atoms with Gasteiger partial charge in [0.2, 0.25) is 11.7 Å². The standard InChI is InChI=1S/C17H17NO3/c1-4-11-6-8-14(21-11)15(19)10-5-7-13-12(9-10)17(2,3)16(20)18-13/h5-9H,4H2,1-3H3,(H,18,20). The summed E-state index contributed by atoms with van der Waals surface area (Å²) in [7, 11) is 0. The molecule has 2 heterocycles. The summed E-state index contributed by atoms with van der Waals surface area (Å²) in [5.41, 5.74) is 1.54. The highest BCUT2D eigenvalue weighted by Gasteiger charge is 2.38. The third-order valence-corrected chi connectivity index (χ3v) is 4.00. The van der Waals surface area contributed by atoms with E-state index in [9.17, 15) is 9.59 Å². The molecule has 0 atom stereocenters. The van der Waals surface area contributed by atoms with Gasteiger partial charge in [0.1, 0.15) is 5.76 Å².